The summed E-state index contributed by atoms with van der Waals surface area (Å²) in [7, 11) is -4.01. The lowest BCUT2D eigenvalue weighted by molar-refractivity contribution is -0.141. The minimum absolute atomic E-state index is 0.0862. The normalized spacial score (nSPS) is 15.3. The summed E-state index contributed by atoms with van der Waals surface area (Å²) in [6, 6.07) is -0.257. The van der Waals surface area contributed by atoms with Crippen LogP contribution in [0.15, 0.2) is 10.3 Å². The lowest BCUT2D eigenvalue weighted by atomic mass is 10.2. The van der Waals surface area contributed by atoms with Gasteiger partial charge in [-0.15, -0.1) is 11.3 Å². The van der Waals surface area contributed by atoms with E-state index in [1.165, 1.54) is 13.0 Å². The Labute approximate surface area is 113 Å². The van der Waals surface area contributed by atoms with E-state index >= 15 is 0 Å². The van der Waals surface area contributed by atoms with Gasteiger partial charge < -0.3 is 10.2 Å². The minimum atomic E-state index is -4.01. The van der Waals surface area contributed by atoms with Gasteiger partial charge in [-0.2, -0.15) is 4.72 Å². The molecule has 0 aliphatic carbocycles. The molecule has 1 rings (SSSR count). The van der Waals surface area contributed by atoms with Crippen LogP contribution in [0.5, 0.6) is 0 Å². The first-order valence-electron chi connectivity index (χ1n) is 4.84. The quantitative estimate of drug-likeness (QED) is 0.746. The van der Waals surface area contributed by atoms with Gasteiger partial charge in [0.2, 0.25) is 0 Å². The van der Waals surface area contributed by atoms with Gasteiger partial charge in [0.05, 0.1) is 10.4 Å². The van der Waals surface area contributed by atoms with E-state index in [-0.39, 0.29) is 4.21 Å². The fourth-order valence-corrected chi connectivity index (χ4v) is 4.13. The molecular formula is C9H12ClNO5S2. The van der Waals surface area contributed by atoms with Gasteiger partial charge in [0.15, 0.2) is 0 Å². The Balaban J connectivity index is 3.04. The van der Waals surface area contributed by atoms with E-state index < -0.39 is 28.1 Å². The maximum atomic E-state index is 11.9. The molecule has 0 aromatic carbocycles. The van der Waals surface area contributed by atoms with E-state index in [1.54, 1.807) is 6.92 Å². The average molecular weight is 314 g/mol. The Morgan fingerprint density at radius 2 is 2.11 bits per heavy atom. The summed E-state index contributed by atoms with van der Waals surface area (Å²) in [5.74, 6) is -1.45. The molecule has 0 saturated heterocycles. The first-order valence-corrected chi connectivity index (χ1v) is 7.52. The highest BCUT2D eigenvalue weighted by atomic mass is 35.5. The Morgan fingerprint density at radius 3 is 2.44 bits per heavy atom. The Morgan fingerprint density at radius 1 is 1.56 bits per heavy atom. The average Bonchev–Trinajstić information content (AvgIpc) is 2.56. The summed E-state index contributed by atoms with van der Waals surface area (Å²) in [4.78, 5) is 10.8. The van der Waals surface area contributed by atoms with E-state index in [4.69, 9.17) is 16.7 Å². The van der Waals surface area contributed by atoms with Crippen molar-refractivity contribution in [1.29, 1.82) is 0 Å². The molecule has 6 nitrogen and oxygen atoms in total. The molecular weight excluding hydrogens is 302 g/mol. The molecule has 0 unspecified atom stereocenters. The number of sulfonamides is 1. The van der Waals surface area contributed by atoms with Crippen LogP contribution in [-0.4, -0.2) is 36.7 Å². The van der Waals surface area contributed by atoms with Crippen molar-refractivity contribution in [3.8, 4) is 0 Å². The molecule has 3 N–H and O–H groups in total. The van der Waals surface area contributed by atoms with E-state index in [2.05, 4.69) is 0 Å². The van der Waals surface area contributed by atoms with Crippen molar-refractivity contribution in [3.05, 3.63) is 16.0 Å². The summed E-state index contributed by atoms with van der Waals surface area (Å²) in [6.45, 7) is 2.83. The molecule has 0 saturated carbocycles. The van der Waals surface area contributed by atoms with Crippen molar-refractivity contribution in [2.75, 3.05) is 0 Å². The van der Waals surface area contributed by atoms with Crippen LogP contribution in [-0.2, 0) is 14.8 Å². The second-order valence-electron chi connectivity index (χ2n) is 3.70. The largest absolute Gasteiger partial charge is 0.480 e. The number of aliphatic hydroxyl groups excluding tert-OH is 1. The highest BCUT2D eigenvalue weighted by molar-refractivity contribution is 7.91. The Hall–Kier alpha value is -0.670. The zero-order valence-corrected chi connectivity index (χ0v) is 11.9. The second-order valence-corrected chi connectivity index (χ2v) is 7.30. The molecule has 1 heterocycles. The number of halogens is 1. The van der Waals surface area contributed by atoms with Crippen LogP contribution < -0.4 is 4.72 Å². The molecule has 0 fully saturated rings. The molecule has 9 heteroatoms. The molecule has 0 aliphatic heterocycles. The summed E-state index contributed by atoms with van der Waals surface area (Å²) in [5.41, 5.74) is 0.589. The topological polar surface area (TPSA) is 104 Å². The lowest BCUT2D eigenvalue weighted by Crippen LogP contribution is -2.47. The van der Waals surface area contributed by atoms with E-state index in [0.29, 0.717) is 9.90 Å². The van der Waals surface area contributed by atoms with Crippen LogP contribution in [0.3, 0.4) is 0 Å². The highest BCUT2D eigenvalue weighted by Gasteiger charge is 2.30. The predicted octanol–water partition coefficient (Wildman–Crippen LogP) is 0.822. The number of rotatable bonds is 5. The smallest absolute Gasteiger partial charge is 0.324 e. The van der Waals surface area contributed by atoms with Gasteiger partial charge in [-0.3, -0.25) is 4.79 Å². The van der Waals surface area contributed by atoms with Crippen molar-refractivity contribution < 1.29 is 23.4 Å². The van der Waals surface area contributed by atoms with Gasteiger partial charge >= 0.3 is 5.97 Å². The third kappa shape index (κ3) is 3.42. The number of carboxylic acid groups (broad SMARTS) is 1. The highest BCUT2D eigenvalue weighted by Crippen LogP contribution is 2.30. The summed E-state index contributed by atoms with van der Waals surface area (Å²) in [5, 5.41) is 18.0. The Bertz CT molecular complexity index is 532. The van der Waals surface area contributed by atoms with Crippen LogP contribution >= 0.6 is 22.9 Å². The summed E-state index contributed by atoms with van der Waals surface area (Å²) < 4.78 is 25.9. The van der Waals surface area contributed by atoms with Crippen LogP contribution in [0.25, 0.3) is 0 Å². The fourth-order valence-electron chi connectivity index (χ4n) is 1.14. The first kappa shape index (κ1) is 15.4. The maximum Gasteiger partial charge on any atom is 0.324 e. The lowest BCUT2D eigenvalue weighted by Gasteiger charge is -2.16. The van der Waals surface area contributed by atoms with Gasteiger partial charge in [-0.05, 0) is 25.5 Å². The molecule has 2 atom stereocenters. The standard InChI is InChI=1S/C9H12ClNO5S2/c1-4-3-6(17-8(4)10)18(15,16)11-7(5(2)12)9(13)14/h3,5,7,11-12H,1-2H3,(H,13,14)/t5-,7+/m1/s1. The van der Waals surface area contributed by atoms with Gasteiger partial charge in [0.1, 0.15) is 10.3 Å². The van der Waals surface area contributed by atoms with Crippen molar-refractivity contribution in [2.45, 2.75) is 30.2 Å². The number of carboxylic acids is 1. The molecule has 102 valence electrons. The number of nitrogens with one attached hydrogen (secondary N) is 1. The number of hydrogen-bond donors (Lipinski definition) is 3. The molecule has 0 radical (unpaired) electrons. The summed E-state index contributed by atoms with van der Waals surface area (Å²) >= 11 is 6.58. The third-order valence-electron chi connectivity index (χ3n) is 2.13. The maximum absolute atomic E-state index is 11.9. The molecule has 18 heavy (non-hydrogen) atoms. The van der Waals surface area contributed by atoms with Crippen LogP contribution in [0.4, 0.5) is 0 Å². The number of hydrogen-bond acceptors (Lipinski definition) is 5. The molecule has 0 aliphatic rings. The minimum Gasteiger partial charge on any atom is -0.480 e. The number of aliphatic hydroxyl groups is 1. The van der Waals surface area contributed by atoms with Crippen molar-refractivity contribution in [1.82, 2.24) is 4.72 Å². The van der Waals surface area contributed by atoms with Crippen LogP contribution in [0, 0.1) is 6.92 Å². The zero-order valence-electron chi connectivity index (χ0n) is 9.55. The Kier molecular flexibility index (Phi) is 4.73. The second kappa shape index (κ2) is 5.54. The van der Waals surface area contributed by atoms with Crippen molar-refractivity contribution in [2.24, 2.45) is 0 Å². The van der Waals surface area contributed by atoms with Crippen molar-refractivity contribution in [3.63, 3.8) is 0 Å². The van der Waals surface area contributed by atoms with Crippen molar-refractivity contribution >= 4 is 38.9 Å². The SMILES string of the molecule is Cc1cc(S(=O)(=O)N[C@H](C(=O)O)[C@@H](C)O)sc1Cl. The van der Waals surface area contributed by atoms with Gasteiger partial charge in [-0.25, -0.2) is 8.42 Å². The predicted molar refractivity (Wildman–Crippen MR) is 67.5 cm³/mol. The first-order chi connectivity index (χ1) is 8.15. The molecule has 1 aromatic rings. The van der Waals surface area contributed by atoms with E-state index in [0.717, 1.165) is 11.3 Å². The van der Waals surface area contributed by atoms with Gasteiger partial charge in [-0.1, -0.05) is 11.6 Å². The molecule has 1 aromatic heterocycles. The van der Waals surface area contributed by atoms with Gasteiger partial charge in [0, 0.05) is 0 Å². The van der Waals surface area contributed by atoms with E-state index in [9.17, 15) is 18.3 Å². The number of aliphatic carboxylic acids is 1. The van der Waals surface area contributed by atoms with Crippen LogP contribution in [0.2, 0.25) is 4.34 Å². The zero-order chi connectivity index (χ0) is 14.1. The summed E-state index contributed by atoms with van der Waals surface area (Å²) in [6.07, 6.45) is -1.35. The molecule has 0 spiro atoms. The van der Waals surface area contributed by atoms with Crippen LogP contribution in [0.1, 0.15) is 12.5 Å². The van der Waals surface area contributed by atoms with E-state index in [1.807, 2.05) is 4.72 Å². The third-order valence-corrected chi connectivity index (χ3v) is 5.60. The molecule has 0 bridgehead atoms. The fraction of sp³-hybridized carbons (Fsp3) is 0.444. The number of thiophene rings is 1. The van der Waals surface area contributed by atoms with Gasteiger partial charge in [0.25, 0.3) is 10.0 Å². The number of carbonyl (C=O) groups is 1. The molecule has 0 amide bonds. The monoisotopic (exact) mass is 313 g/mol. The number of aryl methyl sites for hydroxylation is 1.